The molecule has 1 unspecified atom stereocenters. The monoisotopic (exact) mass is 176 g/mol. The topological polar surface area (TPSA) is 27.7 Å². The van der Waals surface area contributed by atoms with Gasteiger partial charge in [-0.15, -0.1) is 0 Å². The first-order valence-electron chi connectivity index (χ1n) is 4.49. The highest BCUT2D eigenvalue weighted by molar-refractivity contribution is 4.46. The van der Waals surface area contributed by atoms with Crippen LogP contribution in [0.15, 0.2) is 0 Å². The van der Waals surface area contributed by atoms with E-state index in [0.29, 0.717) is 19.8 Å². The molecule has 3 nitrogen and oxygen atoms in total. The molecule has 0 aliphatic rings. The fourth-order valence-electron chi connectivity index (χ4n) is 0.759. The maximum absolute atomic E-state index is 5.41. The molecule has 0 aliphatic heterocycles. The SMILES string of the molecule is CCCOC(C)COCCOC. The van der Waals surface area contributed by atoms with E-state index >= 15 is 0 Å². The summed E-state index contributed by atoms with van der Waals surface area (Å²) in [5.74, 6) is 0. The van der Waals surface area contributed by atoms with E-state index in [1.807, 2.05) is 6.92 Å². The molecule has 0 fully saturated rings. The Morgan fingerprint density at radius 2 is 1.92 bits per heavy atom. The molecule has 12 heavy (non-hydrogen) atoms. The van der Waals surface area contributed by atoms with Crippen LogP contribution in [-0.2, 0) is 14.2 Å². The van der Waals surface area contributed by atoms with Crippen LogP contribution in [0.2, 0.25) is 0 Å². The van der Waals surface area contributed by atoms with Crippen molar-refractivity contribution in [1.29, 1.82) is 0 Å². The summed E-state index contributed by atoms with van der Waals surface area (Å²) in [4.78, 5) is 0. The summed E-state index contributed by atoms with van der Waals surface area (Å²) in [6, 6.07) is 0. The van der Waals surface area contributed by atoms with Gasteiger partial charge in [0.1, 0.15) is 0 Å². The van der Waals surface area contributed by atoms with E-state index < -0.39 is 0 Å². The van der Waals surface area contributed by atoms with Crippen LogP contribution in [0.5, 0.6) is 0 Å². The van der Waals surface area contributed by atoms with E-state index in [2.05, 4.69) is 6.92 Å². The molecule has 0 radical (unpaired) electrons. The van der Waals surface area contributed by atoms with Crippen molar-refractivity contribution in [2.75, 3.05) is 33.5 Å². The Balaban J connectivity index is 3.02. The number of ether oxygens (including phenoxy) is 3. The molecule has 0 aromatic rings. The zero-order valence-electron chi connectivity index (χ0n) is 8.34. The second-order valence-corrected chi connectivity index (χ2v) is 2.75. The first-order chi connectivity index (χ1) is 5.81. The molecule has 0 heterocycles. The van der Waals surface area contributed by atoms with E-state index in [9.17, 15) is 0 Å². The Morgan fingerprint density at radius 3 is 2.50 bits per heavy atom. The molecule has 0 aliphatic carbocycles. The van der Waals surface area contributed by atoms with Crippen molar-refractivity contribution in [2.24, 2.45) is 0 Å². The molecule has 1 atom stereocenters. The largest absolute Gasteiger partial charge is 0.382 e. The van der Waals surface area contributed by atoms with Gasteiger partial charge in [0.25, 0.3) is 0 Å². The maximum atomic E-state index is 5.41. The van der Waals surface area contributed by atoms with Gasteiger partial charge in [0.15, 0.2) is 0 Å². The summed E-state index contributed by atoms with van der Waals surface area (Å²) in [7, 11) is 1.67. The average molecular weight is 176 g/mol. The fraction of sp³-hybridized carbons (Fsp3) is 1.00. The Morgan fingerprint density at radius 1 is 1.17 bits per heavy atom. The average Bonchev–Trinajstić information content (AvgIpc) is 2.09. The van der Waals surface area contributed by atoms with E-state index in [-0.39, 0.29) is 6.10 Å². The summed E-state index contributed by atoms with van der Waals surface area (Å²) in [6.45, 7) is 6.88. The molecule has 0 spiro atoms. The molecule has 0 N–H and O–H groups in total. The molecule has 0 amide bonds. The Labute approximate surface area is 75.0 Å². The summed E-state index contributed by atoms with van der Waals surface area (Å²) in [5.41, 5.74) is 0. The predicted octanol–water partition coefficient (Wildman–Crippen LogP) is 1.46. The van der Waals surface area contributed by atoms with Crippen LogP contribution in [0.1, 0.15) is 20.3 Å². The lowest BCUT2D eigenvalue weighted by atomic mass is 10.4. The summed E-state index contributed by atoms with van der Waals surface area (Å²) >= 11 is 0. The minimum Gasteiger partial charge on any atom is -0.382 e. The molecule has 0 rings (SSSR count). The first-order valence-corrected chi connectivity index (χ1v) is 4.49. The second-order valence-electron chi connectivity index (χ2n) is 2.75. The van der Waals surface area contributed by atoms with Gasteiger partial charge in [-0.05, 0) is 13.3 Å². The third kappa shape index (κ3) is 7.98. The molecular weight excluding hydrogens is 156 g/mol. The zero-order valence-corrected chi connectivity index (χ0v) is 8.34. The van der Waals surface area contributed by atoms with Gasteiger partial charge in [0, 0.05) is 13.7 Å². The van der Waals surface area contributed by atoms with Crippen LogP contribution in [0.25, 0.3) is 0 Å². The number of hydrogen-bond donors (Lipinski definition) is 0. The van der Waals surface area contributed by atoms with Crippen molar-refractivity contribution in [3.8, 4) is 0 Å². The van der Waals surface area contributed by atoms with Crippen molar-refractivity contribution in [3.05, 3.63) is 0 Å². The normalized spacial score (nSPS) is 13.2. The summed E-state index contributed by atoms with van der Waals surface area (Å²) in [5, 5.41) is 0. The van der Waals surface area contributed by atoms with Crippen molar-refractivity contribution >= 4 is 0 Å². The van der Waals surface area contributed by atoms with E-state index in [4.69, 9.17) is 14.2 Å². The molecule has 74 valence electrons. The minimum atomic E-state index is 0.196. The highest BCUT2D eigenvalue weighted by Gasteiger charge is 2.00. The predicted molar refractivity (Wildman–Crippen MR) is 48.4 cm³/mol. The van der Waals surface area contributed by atoms with E-state index in [1.54, 1.807) is 7.11 Å². The molecule has 0 bridgehead atoms. The first kappa shape index (κ1) is 11.9. The van der Waals surface area contributed by atoms with Gasteiger partial charge in [-0.25, -0.2) is 0 Å². The Hall–Kier alpha value is -0.120. The van der Waals surface area contributed by atoms with Crippen LogP contribution in [0.4, 0.5) is 0 Å². The van der Waals surface area contributed by atoms with Gasteiger partial charge in [0.2, 0.25) is 0 Å². The van der Waals surface area contributed by atoms with Crippen molar-refractivity contribution in [1.82, 2.24) is 0 Å². The Kier molecular flexibility index (Phi) is 8.88. The lowest BCUT2D eigenvalue weighted by Gasteiger charge is -2.12. The number of methoxy groups -OCH3 is 1. The standard InChI is InChI=1S/C9H20O3/c1-4-5-12-9(2)8-11-7-6-10-3/h9H,4-8H2,1-3H3. The van der Waals surface area contributed by atoms with Gasteiger partial charge in [-0.2, -0.15) is 0 Å². The quantitative estimate of drug-likeness (QED) is 0.524. The third-order valence-corrected chi connectivity index (χ3v) is 1.39. The fourth-order valence-corrected chi connectivity index (χ4v) is 0.759. The van der Waals surface area contributed by atoms with E-state index in [1.165, 1.54) is 0 Å². The van der Waals surface area contributed by atoms with Gasteiger partial charge in [-0.3, -0.25) is 0 Å². The molecule has 0 saturated heterocycles. The third-order valence-electron chi connectivity index (χ3n) is 1.39. The second kappa shape index (κ2) is 8.97. The number of hydrogen-bond acceptors (Lipinski definition) is 3. The number of rotatable bonds is 8. The molecule has 0 aromatic heterocycles. The van der Waals surface area contributed by atoms with Crippen molar-refractivity contribution in [3.63, 3.8) is 0 Å². The van der Waals surface area contributed by atoms with Crippen molar-refractivity contribution < 1.29 is 14.2 Å². The van der Waals surface area contributed by atoms with Gasteiger partial charge in [-0.1, -0.05) is 6.92 Å². The minimum absolute atomic E-state index is 0.196. The highest BCUT2D eigenvalue weighted by Crippen LogP contribution is 1.93. The van der Waals surface area contributed by atoms with Crippen molar-refractivity contribution in [2.45, 2.75) is 26.4 Å². The highest BCUT2D eigenvalue weighted by atomic mass is 16.5. The van der Waals surface area contributed by atoms with Gasteiger partial charge >= 0.3 is 0 Å². The lowest BCUT2D eigenvalue weighted by Crippen LogP contribution is -2.17. The van der Waals surface area contributed by atoms with Gasteiger partial charge in [0.05, 0.1) is 25.9 Å². The zero-order chi connectivity index (χ0) is 9.23. The molecular formula is C9H20O3. The van der Waals surface area contributed by atoms with Crippen LogP contribution >= 0.6 is 0 Å². The maximum Gasteiger partial charge on any atom is 0.0780 e. The van der Waals surface area contributed by atoms with Crippen LogP contribution in [0.3, 0.4) is 0 Å². The lowest BCUT2D eigenvalue weighted by molar-refractivity contribution is -0.0183. The van der Waals surface area contributed by atoms with Gasteiger partial charge < -0.3 is 14.2 Å². The molecule has 0 aromatic carbocycles. The summed E-state index contributed by atoms with van der Waals surface area (Å²) in [6.07, 6.45) is 1.25. The Bertz CT molecular complexity index is 85.8. The van der Waals surface area contributed by atoms with Crippen LogP contribution in [-0.4, -0.2) is 39.6 Å². The molecule has 3 heteroatoms. The molecule has 0 saturated carbocycles. The van der Waals surface area contributed by atoms with Crippen LogP contribution in [0, 0.1) is 0 Å². The van der Waals surface area contributed by atoms with Crippen LogP contribution < -0.4 is 0 Å². The summed E-state index contributed by atoms with van der Waals surface area (Å²) < 4.78 is 15.5. The smallest absolute Gasteiger partial charge is 0.0780 e. The van der Waals surface area contributed by atoms with E-state index in [0.717, 1.165) is 13.0 Å².